The van der Waals surface area contributed by atoms with Gasteiger partial charge in [-0.25, -0.2) is 4.98 Å². The van der Waals surface area contributed by atoms with E-state index in [2.05, 4.69) is 4.98 Å². The van der Waals surface area contributed by atoms with E-state index in [0.717, 1.165) is 11.1 Å². The molecule has 1 unspecified atom stereocenters. The lowest BCUT2D eigenvalue weighted by Crippen LogP contribution is -2.25. The van der Waals surface area contributed by atoms with Crippen LogP contribution >= 0.6 is 0 Å². The molecule has 0 bridgehead atoms. The van der Waals surface area contributed by atoms with Crippen LogP contribution in [0, 0.1) is 6.92 Å². The van der Waals surface area contributed by atoms with Crippen molar-refractivity contribution in [2.75, 3.05) is 20.6 Å². The molecule has 0 aliphatic rings. The van der Waals surface area contributed by atoms with Crippen molar-refractivity contribution in [3.8, 4) is 0 Å². The number of rotatable bonds is 4. The van der Waals surface area contributed by atoms with Crippen LogP contribution in [0.15, 0.2) is 22.6 Å². The number of oxazole rings is 1. The van der Waals surface area contributed by atoms with Crippen molar-refractivity contribution < 1.29 is 14.3 Å². The smallest absolute Gasteiger partial charge is 0.312 e. The fraction of sp³-hybridized carbons (Fsp3) is 0.385. The van der Waals surface area contributed by atoms with Crippen molar-refractivity contribution in [1.29, 1.82) is 0 Å². The van der Waals surface area contributed by atoms with Crippen LogP contribution < -0.4 is 0 Å². The summed E-state index contributed by atoms with van der Waals surface area (Å²) < 4.78 is 5.43. The van der Waals surface area contributed by atoms with E-state index in [4.69, 9.17) is 4.42 Å². The molecule has 0 amide bonds. The molecule has 0 saturated heterocycles. The molecule has 18 heavy (non-hydrogen) atoms. The Kier molecular flexibility index (Phi) is 3.34. The second-order valence-corrected chi connectivity index (χ2v) is 4.61. The molecule has 5 nitrogen and oxygen atoms in total. The number of benzene rings is 1. The molecule has 0 aliphatic heterocycles. The minimum atomic E-state index is -0.834. The Labute approximate surface area is 105 Å². The van der Waals surface area contributed by atoms with Crippen molar-refractivity contribution in [3.05, 3.63) is 29.7 Å². The number of aromatic nitrogens is 1. The van der Waals surface area contributed by atoms with Crippen LogP contribution in [0.1, 0.15) is 17.4 Å². The Morgan fingerprint density at radius 2 is 2.22 bits per heavy atom. The second kappa shape index (κ2) is 4.78. The van der Waals surface area contributed by atoms with E-state index in [1.54, 1.807) is 25.1 Å². The van der Waals surface area contributed by atoms with Crippen molar-refractivity contribution in [1.82, 2.24) is 9.88 Å². The van der Waals surface area contributed by atoms with Crippen molar-refractivity contribution >= 4 is 17.1 Å². The number of carboxylic acid groups (broad SMARTS) is 1. The molecule has 0 spiro atoms. The van der Waals surface area contributed by atoms with Gasteiger partial charge in [0.25, 0.3) is 0 Å². The topological polar surface area (TPSA) is 66.6 Å². The number of aryl methyl sites for hydroxylation is 1. The minimum absolute atomic E-state index is 0.452. The largest absolute Gasteiger partial charge is 0.481 e. The number of aliphatic carboxylic acids is 1. The maximum Gasteiger partial charge on any atom is 0.312 e. The summed E-state index contributed by atoms with van der Waals surface area (Å²) in [5.74, 6) is -0.810. The zero-order valence-electron chi connectivity index (χ0n) is 10.7. The third-order valence-electron chi connectivity index (χ3n) is 2.77. The third-order valence-corrected chi connectivity index (χ3v) is 2.77. The third kappa shape index (κ3) is 2.51. The molecule has 1 atom stereocenters. The van der Waals surface area contributed by atoms with Gasteiger partial charge >= 0.3 is 5.97 Å². The van der Waals surface area contributed by atoms with Gasteiger partial charge in [0.05, 0.1) is 5.92 Å². The van der Waals surface area contributed by atoms with E-state index in [-0.39, 0.29) is 0 Å². The lowest BCUT2D eigenvalue weighted by Gasteiger charge is -2.17. The first-order valence-corrected chi connectivity index (χ1v) is 5.72. The Morgan fingerprint density at radius 3 is 2.83 bits per heavy atom. The van der Waals surface area contributed by atoms with Crippen LogP contribution in [0.2, 0.25) is 0 Å². The van der Waals surface area contributed by atoms with Crippen molar-refractivity contribution in [2.45, 2.75) is 12.8 Å². The predicted octanol–water partition coefficient (Wildman–Crippen LogP) is 1.87. The molecular formula is C13H16N2O3. The molecule has 1 N–H and O–H groups in total. The standard InChI is InChI=1S/C13H16N2O3/c1-8-14-11-5-4-9(6-12(11)18-8)10(13(16)17)7-15(2)3/h4-6,10H,7H2,1-3H3,(H,16,17). The lowest BCUT2D eigenvalue weighted by molar-refractivity contribution is -0.139. The summed E-state index contributed by atoms with van der Waals surface area (Å²) in [6.07, 6.45) is 0. The Morgan fingerprint density at radius 1 is 1.50 bits per heavy atom. The molecule has 5 heteroatoms. The van der Waals surface area contributed by atoms with Gasteiger partial charge in [-0.2, -0.15) is 0 Å². The van der Waals surface area contributed by atoms with Gasteiger partial charge in [-0.1, -0.05) is 6.07 Å². The van der Waals surface area contributed by atoms with Gasteiger partial charge < -0.3 is 14.4 Å². The molecule has 96 valence electrons. The summed E-state index contributed by atoms with van der Waals surface area (Å²) >= 11 is 0. The van der Waals surface area contributed by atoms with Crippen LogP contribution in [-0.2, 0) is 4.79 Å². The van der Waals surface area contributed by atoms with Gasteiger partial charge in [-0.05, 0) is 31.8 Å². The Bertz CT molecular complexity index is 575. The van der Waals surface area contributed by atoms with Crippen molar-refractivity contribution in [2.24, 2.45) is 0 Å². The molecule has 1 heterocycles. The van der Waals surface area contributed by atoms with Crippen LogP contribution in [0.5, 0.6) is 0 Å². The molecule has 0 aliphatic carbocycles. The lowest BCUT2D eigenvalue weighted by atomic mass is 9.98. The highest BCUT2D eigenvalue weighted by Crippen LogP contribution is 2.23. The first-order chi connectivity index (χ1) is 8.47. The highest BCUT2D eigenvalue weighted by Gasteiger charge is 2.21. The zero-order chi connectivity index (χ0) is 13.3. The van der Waals surface area contributed by atoms with E-state index >= 15 is 0 Å². The molecule has 0 fully saturated rings. The van der Waals surface area contributed by atoms with Crippen LogP contribution in [0.3, 0.4) is 0 Å². The van der Waals surface area contributed by atoms with Gasteiger partial charge in [0.1, 0.15) is 5.52 Å². The summed E-state index contributed by atoms with van der Waals surface area (Å²) in [6, 6.07) is 5.36. The fourth-order valence-corrected chi connectivity index (χ4v) is 1.96. The predicted molar refractivity (Wildman–Crippen MR) is 67.7 cm³/mol. The van der Waals surface area contributed by atoms with Crippen LogP contribution in [-0.4, -0.2) is 41.6 Å². The van der Waals surface area contributed by atoms with Crippen molar-refractivity contribution in [3.63, 3.8) is 0 Å². The SMILES string of the molecule is Cc1nc2ccc(C(CN(C)C)C(=O)O)cc2o1. The Hall–Kier alpha value is -1.88. The first kappa shape index (κ1) is 12.6. The van der Waals surface area contributed by atoms with Gasteiger partial charge in [-0.15, -0.1) is 0 Å². The average molecular weight is 248 g/mol. The van der Waals surface area contributed by atoms with E-state index in [1.807, 2.05) is 19.0 Å². The number of likely N-dealkylation sites (N-methyl/N-ethyl adjacent to an activating group) is 1. The zero-order valence-corrected chi connectivity index (χ0v) is 10.7. The quantitative estimate of drug-likeness (QED) is 0.894. The Balaban J connectivity index is 2.40. The van der Waals surface area contributed by atoms with E-state index in [1.165, 1.54) is 0 Å². The van der Waals surface area contributed by atoms with Crippen LogP contribution in [0.25, 0.3) is 11.1 Å². The van der Waals surface area contributed by atoms with Gasteiger partial charge in [-0.3, -0.25) is 4.79 Å². The van der Waals surface area contributed by atoms with E-state index in [9.17, 15) is 9.90 Å². The number of nitrogens with zero attached hydrogens (tertiary/aromatic N) is 2. The fourth-order valence-electron chi connectivity index (χ4n) is 1.96. The molecular weight excluding hydrogens is 232 g/mol. The molecule has 2 rings (SSSR count). The molecule has 1 aromatic carbocycles. The highest BCUT2D eigenvalue weighted by molar-refractivity contribution is 5.80. The van der Waals surface area contributed by atoms with E-state index in [0.29, 0.717) is 18.0 Å². The summed E-state index contributed by atoms with van der Waals surface area (Å²) in [5.41, 5.74) is 2.13. The maximum absolute atomic E-state index is 11.3. The molecule has 0 saturated carbocycles. The number of carboxylic acids is 1. The number of hydrogen-bond donors (Lipinski definition) is 1. The van der Waals surface area contributed by atoms with E-state index < -0.39 is 11.9 Å². The van der Waals surface area contributed by atoms with Gasteiger partial charge in [0.15, 0.2) is 11.5 Å². The monoisotopic (exact) mass is 248 g/mol. The maximum atomic E-state index is 11.3. The summed E-state index contributed by atoms with van der Waals surface area (Å²) in [7, 11) is 3.71. The molecule has 2 aromatic rings. The van der Waals surface area contributed by atoms with Gasteiger partial charge in [0, 0.05) is 13.5 Å². The first-order valence-electron chi connectivity index (χ1n) is 5.72. The summed E-state index contributed by atoms with van der Waals surface area (Å²) in [6.45, 7) is 2.22. The number of hydrogen-bond acceptors (Lipinski definition) is 4. The second-order valence-electron chi connectivity index (χ2n) is 4.61. The molecule has 0 radical (unpaired) electrons. The minimum Gasteiger partial charge on any atom is -0.481 e. The average Bonchev–Trinajstić information content (AvgIpc) is 2.64. The van der Waals surface area contributed by atoms with Gasteiger partial charge in [0.2, 0.25) is 0 Å². The highest BCUT2D eigenvalue weighted by atomic mass is 16.4. The van der Waals surface area contributed by atoms with Crippen LogP contribution in [0.4, 0.5) is 0 Å². The summed E-state index contributed by atoms with van der Waals surface area (Å²) in [5, 5.41) is 9.28. The molecule has 1 aromatic heterocycles. The summed E-state index contributed by atoms with van der Waals surface area (Å²) in [4.78, 5) is 17.4. The number of fused-ring (bicyclic) bond motifs is 1. The number of carbonyl (C=O) groups is 1. The normalized spacial score (nSPS) is 13.1.